The predicted molar refractivity (Wildman–Crippen MR) is 81.4 cm³/mol. The minimum absolute atomic E-state index is 0.196. The van der Waals surface area contributed by atoms with Crippen LogP contribution in [0.3, 0.4) is 0 Å². The van der Waals surface area contributed by atoms with E-state index in [0.717, 1.165) is 18.8 Å². The molecule has 1 fully saturated rings. The number of methoxy groups -OCH3 is 1. The van der Waals surface area contributed by atoms with Crippen molar-refractivity contribution in [3.63, 3.8) is 0 Å². The van der Waals surface area contributed by atoms with Gasteiger partial charge in [-0.2, -0.15) is 0 Å². The standard InChI is InChI=1S/C15H23N3O2/c1-20-11-8-16-15(19)17-13-6-5-7-14(12-13)18-9-3-2-4-10-18/h5-7,12H,2-4,8-11H2,1H3,(H2,16,17,19). The molecular formula is C15H23N3O2. The number of rotatable bonds is 5. The first kappa shape index (κ1) is 14.7. The van der Waals surface area contributed by atoms with Gasteiger partial charge in [0.05, 0.1) is 6.61 Å². The molecule has 0 spiro atoms. The van der Waals surface area contributed by atoms with Crippen LogP contribution in [0.25, 0.3) is 0 Å². The molecule has 0 aromatic heterocycles. The van der Waals surface area contributed by atoms with E-state index < -0.39 is 0 Å². The number of ether oxygens (including phenoxy) is 1. The summed E-state index contributed by atoms with van der Waals surface area (Å²) in [6.45, 7) is 3.22. The lowest BCUT2D eigenvalue weighted by molar-refractivity contribution is 0.198. The van der Waals surface area contributed by atoms with Crippen LogP contribution in [0.5, 0.6) is 0 Å². The number of urea groups is 1. The normalized spacial score (nSPS) is 14.9. The topological polar surface area (TPSA) is 53.6 Å². The Balaban J connectivity index is 1.90. The number of carbonyl (C=O) groups excluding carboxylic acids is 1. The highest BCUT2D eigenvalue weighted by atomic mass is 16.5. The number of benzene rings is 1. The first-order valence-electron chi connectivity index (χ1n) is 7.18. The fourth-order valence-corrected chi connectivity index (χ4v) is 2.37. The van der Waals surface area contributed by atoms with Crippen molar-refractivity contribution in [2.24, 2.45) is 0 Å². The zero-order chi connectivity index (χ0) is 14.2. The van der Waals surface area contributed by atoms with Crippen molar-refractivity contribution in [1.82, 2.24) is 5.32 Å². The van der Waals surface area contributed by atoms with Crippen LogP contribution < -0.4 is 15.5 Å². The molecule has 0 unspecified atom stereocenters. The molecule has 2 N–H and O–H groups in total. The lowest BCUT2D eigenvalue weighted by Crippen LogP contribution is -2.32. The van der Waals surface area contributed by atoms with Crippen LogP contribution in [0, 0.1) is 0 Å². The molecule has 2 rings (SSSR count). The van der Waals surface area contributed by atoms with Gasteiger partial charge >= 0.3 is 6.03 Å². The summed E-state index contributed by atoms with van der Waals surface area (Å²) in [7, 11) is 1.61. The van der Waals surface area contributed by atoms with Crippen LogP contribution in [0.15, 0.2) is 24.3 Å². The van der Waals surface area contributed by atoms with Crippen LogP contribution in [-0.4, -0.2) is 39.4 Å². The van der Waals surface area contributed by atoms with Crippen LogP contribution >= 0.6 is 0 Å². The number of amides is 2. The number of hydrogen-bond acceptors (Lipinski definition) is 3. The maximum atomic E-state index is 11.7. The summed E-state index contributed by atoms with van der Waals surface area (Å²) in [5.41, 5.74) is 2.00. The number of anilines is 2. The van der Waals surface area contributed by atoms with Crippen LogP contribution in [-0.2, 0) is 4.74 Å². The second-order valence-corrected chi connectivity index (χ2v) is 4.97. The second kappa shape index (κ2) is 7.75. The van der Waals surface area contributed by atoms with Gasteiger partial charge in [-0.15, -0.1) is 0 Å². The van der Waals surface area contributed by atoms with Crippen LogP contribution in [0.4, 0.5) is 16.2 Å². The smallest absolute Gasteiger partial charge is 0.319 e. The van der Waals surface area contributed by atoms with Crippen molar-refractivity contribution in [1.29, 1.82) is 0 Å². The third-order valence-electron chi connectivity index (χ3n) is 3.42. The van der Waals surface area contributed by atoms with Gasteiger partial charge in [0.2, 0.25) is 0 Å². The number of carbonyl (C=O) groups is 1. The summed E-state index contributed by atoms with van der Waals surface area (Å²) in [5, 5.41) is 5.59. The second-order valence-electron chi connectivity index (χ2n) is 4.97. The monoisotopic (exact) mass is 277 g/mol. The number of nitrogens with one attached hydrogen (secondary N) is 2. The zero-order valence-electron chi connectivity index (χ0n) is 12.0. The largest absolute Gasteiger partial charge is 0.383 e. The van der Waals surface area contributed by atoms with Crippen molar-refractivity contribution in [3.05, 3.63) is 24.3 Å². The van der Waals surface area contributed by atoms with Gasteiger partial charge in [-0.25, -0.2) is 4.79 Å². The minimum atomic E-state index is -0.196. The number of piperidine rings is 1. The number of nitrogens with zero attached hydrogens (tertiary/aromatic N) is 1. The minimum Gasteiger partial charge on any atom is -0.383 e. The van der Waals surface area contributed by atoms with E-state index >= 15 is 0 Å². The first-order chi connectivity index (χ1) is 9.79. The van der Waals surface area contributed by atoms with E-state index in [1.54, 1.807) is 7.11 Å². The Morgan fingerprint density at radius 1 is 1.30 bits per heavy atom. The Labute approximate surface area is 120 Å². The average Bonchev–Trinajstić information content (AvgIpc) is 2.49. The Kier molecular flexibility index (Phi) is 5.68. The molecule has 0 bridgehead atoms. The lowest BCUT2D eigenvalue weighted by Gasteiger charge is -2.29. The summed E-state index contributed by atoms with van der Waals surface area (Å²) in [6.07, 6.45) is 3.81. The summed E-state index contributed by atoms with van der Waals surface area (Å²) >= 11 is 0. The molecular weight excluding hydrogens is 254 g/mol. The maximum absolute atomic E-state index is 11.7. The van der Waals surface area contributed by atoms with Gasteiger partial charge in [0.1, 0.15) is 0 Å². The van der Waals surface area contributed by atoms with Gasteiger partial charge in [0.25, 0.3) is 0 Å². The Morgan fingerprint density at radius 3 is 2.85 bits per heavy atom. The molecule has 1 saturated heterocycles. The molecule has 1 aromatic rings. The van der Waals surface area contributed by atoms with Crippen molar-refractivity contribution < 1.29 is 9.53 Å². The molecule has 1 heterocycles. The Hall–Kier alpha value is -1.75. The van der Waals surface area contributed by atoms with Crippen LogP contribution in [0.1, 0.15) is 19.3 Å². The molecule has 0 saturated carbocycles. The third kappa shape index (κ3) is 4.42. The van der Waals surface area contributed by atoms with E-state index in [4.69, 9.17) is 4.74 Å². The zero-order valence-corrected chi connectivity index (χ0v) is 12.0. The van der Waals surface area contributed by atoms with E-state index in [0.29, 0.717) is 13.2 Å². The summed E-state index contributed by atoms with van der Waals surface area (Å²) in [5.74, 6) is 0. The molecule has 0 aliphatic carbocycles. The highest BCUT2D eigenvalue weighted by Gasteiger charge is 2.11. The summed E-state index contributed by atoms with van der Waals surface area (Å²) < 4.78 is 4.89. The Bertz CT molecular complexity index is 431. The van der Waals surface area contributed by atoms with E-state index in [9.17, 15) is 4.79 Å². The Morgan fingerprint density at radius 2 is 2.10 bits per heavy atom. The van der Waals surface area contributed by atoms with E-state index in [-0.39, 0.29) is 6.03 Å². The molecule has 1 aliphatic heterocycles. The highest BCUT2D eigenvalue weighted by molar-refractivity contribution is 5.89. The lowest BCUT2D eigenvalue weighted by atomic mass is 10.1. The fraction of sp³-hybridized carbons (Fsp3) is 0.533. The SMILES string of the molecule is COCCNC(=O)Nc1cccc(N2CCCCC2)c1. The quantitative estimate of drug-likeness (QED) is 0.813. The van der Waals surface area contributed by atoms with Gasteiger partial charge in [-0.1, -0.05) is 6.07 Å². The molecule has 0 radical (unpaired) electrons. The van der Waals surface area contributed by atoms with E-state index in [1.807, 2.05) is 18.2 Å². The molecule has 1 aromatic carbocycles. The summed E-state index contributed by atoms with van der Waals surface area (Å²) in [4.78, 5) is 14.1. The molecule has 1 aliphatic rings. The van der Waals surface area contributed by atoms with Crippen molar-refractivity contribution >= 4 is 17.4 Å². The van der Waals surface area contributed by atoms with Gasteiger partial charge in [-0.05, 0) is 37.5 Å². The third-order valence-corrected chi connectivity index (χ3v) is 3.42. The van der Waals surface area contributed by atoms with Crippen molar-refractivity contribution in [2.75, 3.05) is 43.6 Å². The summed E-state index contributed by atoms with van der Waals surface area (Å²) in [6, 6.07) is 7.82. The highest BCUT2D eigenvalue weighted by Crippen LogP contribution is 2.22. The average molecular weight is 277 g/mol. The molecule has 110 valence electrons. The first-order valence-corrected chi connectivity index (χ1v) is 7.18. The molecule has 5 heteroatoms. The van der Waals surface area contributed by atoms with Crippen molar-refractivity contribution in [3.8, 4) is 0 Å². The van der Waals surface area contributed by atoms with Gasteiger partial charge in [0.15, 0.2) is 0 Å². The molecule has 20 heavy (non-hydrogen) atoms. The fourth-order valence-electron chi connectivity index (χ4n) is 2.37. The molecule has 5 nitrogen and oxygen atoms in total. The number of hydrogen-bond donors (Lipinski definition) is 2. The van der Waals surface area contributed by atoms with Crippen molar-refractivity contribution in [2.45, 2.75) is 19.3 Å². The predicted octanol–water partition coefficient (Wildman–Crippen LogP) is 2.44. The van der Waals surface area contributed by atoms with Gasteiger partial charge in [0, 0.05) is 38.1 Å². The molecule has 2 amide bonds. The van der Waals surface area contributed by atoms with Crippen LogP contribution in [0.2, 0.25) is 0 Å². The van der Waals surface area contributed by atoms with E-state index in [2.05, 4.69) is 21.6 Å². The van der Waals surface area contributed by atoms with E-state index in [1.165, 1.54) is 24.9 Å². The van der Waals surface area contributed by atoms with Gasteiger partial charge < -0.3 is 20.3 Å². The maximum Gasteiger partial charge on any atom is 0.319 e. The molecule has 0 atom stereocenters. The van der Waals surface area contributed by atoms with Gasteiger partial charge in [-0.3, -0.25) is 0 Å².